The highest BCUT2D eigenvalue weighted by molar-refractivity contribution is 9.10. The number of amides is 1. The lowest BCUT2D eigenvalue weighted by Gasteiger charge is -2.33. The predicted molar refractivity (Wildman–Crippen MR) is 116 cm³/mol. The van der Waals surface area contributed by atoms with Gasteiger partial charge in [-0.15, -0.1) is 0 Å². The van der Waals surface area contributed by atoms with E-state index in [2.05, 4.69) is 48.2 Å². The minimum Gasteiger partial charge on any atom is -0.396 e. The Bertz CT molecular complexity index is 1050. The second-order valence-corrected chi connectivity index (χ2v) is 7.94. The molecule has 1 aromatic carbocycles. The predicted octanol–water partition coefficient (Wildman–Crippen LogP) is 2.56. The SMILES string of the molecule is C=C1Nc2nc(CCCO)nn2C(c2ccc(Br)cc2)C1C(=O)Nc1ccc[nH+]c1. The molecule has 1 amide bonds. The van der Waals surface area contributed by atoms with Gasteiger partial charge in [-0.25, -0.2) is 9.67 Å². The van der Waals surface area contributed by atoms with Gasteiger partial charge in [-0.3, -0.25) is 4.79 Å². The first-order valence-corrected chi connectivity index (χ1v) is 10.4. The topological polar surface area (TPSA) is 106 Å². The number of aliphatic hydroxyl groups excluding tert-OH is 1. The van der Waals surface area contributed by atoms with Gasteiger partial charge in [-0.05, 0) is 30.2 Å². The fraction of sp³-hybridized carbons (Fsp3) is 0.238. The van der Waals surface area contributed by atoms with Crippen LogP contribution in [0.25, 0.3) is 0 Å². The molecule has 2 aromatic heterocycles. The van der Waals surface area contributed by atoms with Crippen LogP contribution in [0.15, 0.2) is 65.5 Å². The number of nitrogens with one attached hydrogen (secondary N) is 3. The van der Waals surface area contributed by atoms with Gasteiger partial charge in [-0.2, -0.15) is 10.1 Å². The van der Waals surface area contributed by atoms with Crippen molar-refractivity contribution < 1.29 is 14.9 Å². The van der Waals surface area contributed by atoms with Crippen LogP contribution in [0.4, 0.5) is 11.6 Å². The van der Waals surface area contributed by atoms with Gasteiger partial charge in [0.1, 0.15) is 11.6 Å². The number of aryl methyl sites for hydroxylation is 1. The first kappa shape index (κ1) is 20.2. The second kappa shape index (κ2) is 8.76. The van der Waals surface area contributed by atoms with Crippen molar-refractivity contribution in [3.8, 4) is 0 Å². The number of aromatic nitrogens is 4. The van der Waals surface area contributed by atoms with Crippen molar-refractivity contribution in [1.29, 1.82) is 0 Å². The third-order valence-electron chi connectivity index (χ3n) is 4.93. The van der Waals surface area contributed by atoms with Crippen molar-refractivity contribution in [3.05, 3.63) is 76.9 Å². The van der Waals surface area contributed by atoms with Crippen LogP contribution in [-0.4, -0.2) is 32.4 Å². The van der Waals surface area contributed by atoms with Gasteiger partial charge < -0.3 is 15.7 Å². The number of rotatable bonds is 6. The Kier molecular flexibility index (Phi) is 5.91. The van der Waals surface area contributed by atoms with Crippen LogP contribution in [0.3, 0.4) is 0 Å². The fourth-order valence-electron chi connectivity index (χ4n) is 3.53. The van der Waals surface area contributed by atoms with Gasteiger partial charge in [0.05, 0.1) is 6.04 Å². The zero-order valence-corrected chi connectivity index (χ0v) is 17.8. The molecular weight excluding hydrogens is 448 g/mol. The van der Waals surface area contributed by atoms with Crippen LogP contribution in [-0.2, 0) is 11.2 Å². The molecule has 0 bridgehead atoms. The number of pyridine rings is 1. The lowest BCUT2D eigenvalue weighted by atomic mass is 9.88. The summed E-state index contributed by atoms with van der Waals surface area (Å²) in [7, 11) is 0. The summed E-state index contributed by atoms with van der Waals surface area (Å²) in [5, 5.41) is 19.9. The molecule has 4 N–H and O–H groups in total. The Morgan fingerprint density at radius 3 is 2.83 bits per heavy atom. The number of aromatic amines is 1. The molecular formula is C21H22BrN6O2+. The van der Waals surface area contributed by atoms with Gasteiger partial charge in [0, 0.05) is 29.3 Å². The molecule has 30 heavy (non-hydrogen) atoms. The molecule has 0 aliphatic carbocycles. The van der Waals surface area contributed by atoms with Crippen molar-refractivity contribution in [1.82, 2.24) is 14.8 Å². The molecule has 8 nitrogen and oxygen atoms in total. The zero-order chi connectivity index (χ0) is 21.1. The van der Waals surface area contributed by atoms with Crippen molar-refractivity contribution in [2.75, 3.05) is 17.2 Å². The Morgan fingerprint density at radius 2 is 2.13 bits per heavy atom. The Morgan fingerprint density at radius 1 is 1.33 bits per heavy atom. The summed E-state index contributed by atoms with van der Waals surface area (Å²) in [6.45, 7) is 4.18. The number of aliphatic hydroxyl groups is 1. The molecule has 1 aliphatic heterocycles. The molecule has 9 heteroatoms. The highest BCUT2D eigenvalue weighted by Gasteiger charge is 2.40. The van der Waals surface area contributed by atoms with E-state index in [0.717, 1.165) is 10.0 Å². The first-order chi connectivity index (χ1) is 14.6. The van der Waals surface area contributed by atoms with Crippen LogP contribution in [0.5, 0.6) is 0 Å². The summed E-state index contributed by atoms with van der Waals surface area (Å²) in [6.07, 6.45) is 4.62. The fourth-order valence-corrected chi connectivity index (χ4v) is 3.79. The molecule has 1 aliphatic rings. The maximum absolute atomic E-state index is 13.3. The second-order valence-electron chi connectivity index (χ2n) is 7.03. The summed E-state index contributed by atoms with van der Waals surface area (Å²) in [5.74, 6) is 0.350. The van der Waals surface area contributed by atoms with Gasteiger partial charge in [0.15, 0.2) is 18.2 Å². The molecule has 4 rings (SSSR count). The quantitative estimate of drug-likeness (QED) is 0.514. The average Bonchev–Trinajstić information content (AvgIpc) is 3.15. The van der Waals surface area contributed by atoms with Crippen molar-refractivity contribution in [2.24, 2.45) is 5.92 Å². The van der Waals surface area contributed by atoms with E-state index in [1.807, 2.05) is 36.4 Å². The number of carbonyl (C=O) groups excluding carboxylic acids is 1. The van der Waals surface area contributed by atoms with E-state index in [0.29, 0.717) is 36.0 Å². The number of H-pyrrole nitrogens is 1. The molecule has 2 unspecified atom stereocenters. The molecule has 2 atom stereocenters. The minimum atomic E-state index is -0.605. The highest BCUT2D eigenvalue weighted by Crippen LogP contribution is 2.38. The number of carbonyl (C=O) groups is 1. The summed E-state index contributed by atoms with van der Waals surface area (Å²) >= 11 is 3.46. The summed E-state index contributed by atoms with van der Waals surface area (Å²) < 4.78 is 2.69. The molecule has 3 aromatic rings. The third-order valence-corrected chi connectivity index (χ3v) is 5.46. The third kappa shape index (κ3) is 4.12. The number of nitrogens with zero attached hydrogens (tertiary/aromatic N) is 3. The van der Waals surface area contributed by atoms with Crippen LogP contribution >= 0.6 is 15.9 Å². The molecule has 0 saturated heterocycles. The van der Waals surface area contributed by atoms with Crippen molar-refractivity contribution in [2.45, 2.75) is 18.9 Å². The maximum atomic E-state index is 13.3. The standard InChI is InChI=1S/C21H21BrN6O2/c1-13-18(20(30)25-16-4-2-10-23-12-16)19(14-6-8-15(22)9-7-14)28-21(24-13)26-17(27-28)5-3-11-29/h2,4,6-10,12,18-19,29H,1,3,5,11H2,(H,25,30)(H,24,26,27)/p+1. The Balaban J connectivity index is 1.73. The van der Waals surface area contributed by atoms with Crippen LogP contribution in [0, 0.1) is 5.92 Å². The van der Waals surface area contributed by atoms with Crippen LogP contribution < -0.4 is 15.6 Å². The van der Waals surface area contributed by atoms with Crippen LogP contribution in [0.2, 0.25) is 0 Å². The normalized spacial score (nSPS) is 17.9. The van der Waals surface area contributed by atoms with E-state index in [4.69, 9.17) is 5.11 Å². The first-order valence-electron chi connectivity index (χ1n) is 9.61. The zero-order valence-electron chi connectivity index (χ0n) is 16.2. The summed E-state index contributed by atoms with van der Waals surface area (Å²) in [6, 6.07) is 11.0. The summed E-state index contributed by atoms with van der Waals surface area (Å²) in [5.41, 5.74) is 2.13. The van der Waals surface area contributed by atoms with Crippen molar-refractivity contribution in [3.63, 3.8) is 0 Å². The molecule has 0 spiro atoms. The van der Waals surface area contributed by atoms with E-state index >= 15 is 0 Å². The lowest BCUT2D eigenvalue weighted by molar-refractivity contribution is -0.377. The number of hydrogen-bond donors (Lipinski definition) is 3. The monoisotopic (exact) mass is 469 g/mol. The smallest absolute Gasteiger partial charge is 0.236 e. The number of hydrogen-bond acceptors (Lipinski definition) is 5. The van der Waals surface area contributed by atoms with E-state index in [9.17, 15) is 4.79 Å². The van der Waals surface area contributed by atoms with E-state index in [1.54, 1.807) is 17.1 Å². The summed E-state index contributed by atoms with van der Waals surface area (Å²) in [4.78, 5) is 20.8. The number of anilines is 2. The highest BCUT2D eigenvalue weighted by atomic mass is 79.9. The van der Waals surface area contributed by atoms with Crippen LogP contribution in [0.1, 0.15) is 23.9 Å². The number of halogens is 1. The van der Waals surface area contributed by atoms with Gasteiger partial charge in [-0.1, -0.05) is 34.6 Å². The Hall–Kier alpha value is -3.04. The number of fused-ring (bicyclic) bond motifs is 1. The van der Waals surface area contributed by atoms with Gasteiger partial charge in [0.25, 0.3) is 0 Å². The van der Waals surface area contributed by atoms with E-state index in [1.165, 1.54) is 0 Å². The number of benzene rings is 1. The maximum Gasteiger partial charge on any atom is 0.236 e. The van der Waals surface area contributed by atoms with E-state index in [-0.39, 0.29) is 12.5 Å². The van der Waals surface area contributed by atoms with Crippen molar-refractivity contribution >= 4 is 33.5 Å². The molecule has 0 radical (unpaired) electrons. The largest absolute Gasteiger partial charge is 0.396 e. The minimum absolute atomic E-state index is 0.0687. The molecule has 0 saturated carbocycles. The lowest BCUT2D eigenvalue weighted by Crippen LogP contribution is -2.39. The van der Waals surface area contributed by atoms with Gasteiger partial charge in [0.2, 0.25) is 11.9 Å². The molecule has 154 valence electrons. The van der Waals surface area contributed by atoms with E-state index < -0.39 is 12.0 Å². The van der Waals surface area contributed by atoms with Gasteiger partial charge >= 0.3 is 0 Å². The Labute approximate surface area is 182 Å². The average molecular weight is 470 g/mol. The molecule has 0 fully saturated rings. The molecule has 3 heterocycles.